The Balaban J connectivity index is 1.61. The first-order chi connectivity index (χ1) is 12.1. The van der Waals surface area contributed by atoms with Gasteiger partial charge in [-0.1, -0.05) is 23.7 Å². The van der Waals surface area contributed by atoms with Gasteiger partial charge in [-0.15, -0.1) is 0 Å². The lowest BCUT2D eigenvalue weighted by atomic mass is 10.2. The zero-order chi connectivity index (χ0) is 17.6. The molecule has 1 heterocycles. The normalized spacial score (nSPS) is 11.8. The summed E-state index contributed by atoms with van der Waals surface area (Å²) in [6.07, 6.45) is 2.49. The topological polar surface area (TPSA) is 69.0 Å². The Morgan fingerprint density at radius 1 is 1.28 bits per heavy atom. The number of benzene rings is 2. The van der Waals surface area contributed by atoms with Crippen molar-refractivity contribution in [3.05, 3.63) is 71.8 Å². The molecule has 0 bridgehead atoms. The van der Waals surface area contributed by atoms with E-state index in [-0.39, 0.29) is 5.91 Å². The van der Waals surface area contributed by atoms with Gasteiger partial charge >= 0.3 is 0 Å². The van der Waals surface area contributed by atoms with Crippen LogP contribution in [0.15, 0.2) is 61.2 Å². The molecule has 0 saturated carbocycles. The van der Waals surface area contributed by atoms with E-state index in [1.165, 1.54) is 6.33 Å². The lowest BCUT2D eigenvalue weighted by Gasteiger charge is -2.15. The molecule has 0 radical (unpaired) electrons. The molecule has 2 aromatic carbocycles. The van der Waals surface area contributed by atoms with E-state index in [0.29, 0.717) is 23.0 Å². The predicted octanol–water partition coefficient (Wildman–Crippen LogP) is 3.39. The summed E-state index contributed by atoms with van der Waals surface area (Å²) in [5, 5.41) is 7.55. The van der Waals surface area contributed by atoms with Crippen molar-refractivity contribution in [1.29, 1.82) is 0 Å². The first-order valence-electron chi connectivity index (χ1n) is 7.74. The zero-order valence-electron chi connectivity index (χ0n) is 13.6. The molecule has 0 aliphatic rings. The van der Waals surface area contributed by atoms with Crippen LogP contribution in [0.4, 0.5) is 5.69 Å². The number of carbonyl (C=O) groups is 1. The standard InChI is InChI=1S/C18H17ClN4O2/c1-13(25-17-7-5-15(19)6-8-17)18(24)22-16-4-2-3-14(9-16)10-23-12-20-11-21-23/h2-9,11-13H,10H2,1H3,(H,22,24). The smallest absolute Gasteiger partial charge is 0.265 e. The molecular formula is C18H17ClN4O2. The third-order valence-corrected chi connectivity index (χ3v) is 3.75. The molecule has 7 heteroatoms. The van der Waals surface area contributed by atoms with Crippen LogP contribution in [0, 0.1) is 0 Å². The van der Waals surface area contributed by atoms with Gasteiger partial charge in [0.05, 0.1) is 6.54 Å². The molecule has 0 fully saturated rings. The van der Waals surface area contributed by atoms with Crippen molar-refractivity contribution in [1.82, 2.24) is 14.8 Å². The molecule has 3 rings (SSSR count). The SMILES string of the molecule is CC(Oc1ccc(Cl)cc1)C(=O)Nc1cccc(Cn2cncn2)c1. The first-order valence-corrected chi connectivity index (χ1v) is 8.12. The number of hydrogen-bond donors (Lipinski definition) is 1. The van der Waals surface area contributed by atoms with E-state index in [0.717, 1.165) is 5.56 Å². The molecule has 128 valence electrons. The van der Waals surface area contributed by atoms with Crippen LogP contribution in [-0.2, 0) is 11.3 Å². The first kappa shape index (κ1) is 17.0. The van der Waals surface area contributed by atoms with E-state index in [4.69, 9.17) is 16.3 Å². The quantitative estimate of drug-likeness (QED) is 0.735. The molecule has 25 heavy (non-hydrogen) atoms. The number of ether oxygens (including phenoxy) is 1. The number of amides is 1. The van der Waals surface area contributed by atoms with Crippen LogP contribution in [0.2, 0.25) is 5.02 Å². The summed E-state index contributed by atoms with van der Waals surface area (Å²) < 4.78 is 7.34. The van der Waals surface area contributed by atoms with Crippen LogP contribution in [0.3, 0.4) is 0 Å². The van der Waals surface area contributed by atoms with E-state index in [9.17, 15) is 4.79 Å². The van der Waals surface area contributed by atoms with Gasteiger partial charge in [-0.25, -0.2) is 9.67 Å². The van der Waals surface area contributed by atoms with Crippen molar-refractivity contribution in [3.8, 4) is 5.75 Å². The number of nitrogens with zero attached hydrogens (tertiary/aromatic N) is 3. The minimum absolute atomic E-state index is 0.229. The molecule has 1 unspecified atom stereocenters. The average molecular weight is 357 g/mol. The second-order valence-corrected chi connectivity index (χ2v) is 5.93. The van der Waals surface area contributed by atoms with Crippen molar-refractivity contribution in [2.45, 2.75) is 19.6 Å². The van der Waals surface area contributed by atoms with Crippen molar-refractivity contribution < 1.29 is 9.53 Å². The number of halogens is 1. The van der Waals surface area contributed by atoms with E-state index in [2.05, 4.69) is 15.4 Å². The fourth-order valence-electron chi connectivity index (χ4n) is 2.26. The molecule has 0 aliphatic heterocycles. The summed E-state index contributed by atoms with van der Waals surface area (Å²) in [5.74, 6) is 0.361. The van der Waals surface area contributed by atoms with Gasteiger partial charge in [0.1, 0.15) is 18.4 Å². The average Bonchev–Trinajstić information content (AvgIpc) is 3.10. The second kappa shape index (κ2) is 7.81. The van der Waals surface area contributed by atoms with Crippen LogP contribution >= 0.6 is 11.6 Å². The number of rotatable bonds is 6. The van der Waals surface area contributed by atoms with E-state index in [1.54, 1.807) is 42.2 Å². The summed E-state index contributed by atoms with van der Waals surface area (Å²) in [6, 6.07) is 14.5. The summed E-state index contributed by atoms with van der Waals surface area (Å²) in [4.78, 5) is 16.2. The Morgan fingerprint density at radius 3 is 2.80 bits per heavy atom. The number of nitrogens with one attached hydrogen (secondary N) is 1. The maximum absolute atomic E-state index is 12.3. The van der Waals surface area contributed by atoms with Crippen LogP contribution in [-0.4, -0.2) is 26.8 Å². The van der Waals surface area contributed by atoms with Crippen LogP contribution < -0.4 is 10.1 Å². The van der Waals surface area contributed by atoms with Gasteiger partial charge in [0.2, 0.25) is 0 Å². The van der Waals surface area contributed by atoms with Gasteiger partial charge in [-0.3, -0.25) is 4.79 Å². The van der Waals surface area contributed by atoms with Crippen LogP contribution in [0.5, 0.6) is 5.75 Å². The molecule has 1 N–H and O–H groups in total. The second-order valence-electron chi connectivity index (χ2n) is 5.50. The third kappa shape index (κ3) is 4.81. The molecule has 1 amide bonds. The fraction of sp³-hybridized carbons (Fsp3) is 0.167. The van der Waals surface area contributed by atoms with Crippen molar-refractivity contribution in [3.63, 3.8) is 0 Å². The van der Waals surface area contributed by atoms with Crippen molar-refractivity contribution in [2.24, 2.45) is 0 Å². The Bertz CT molecular complexity index is 835. The molecule has 3 aromatic rings. The maximum Gasteiger partial charge on any atom is 0.265 e. The number of aromatic nitrogens is 3. The van der Waals surface area contributed by atoms with Crippen molar-refractivity contribution in [2.75, 3.05) is 5.32 Å². The summed E-state index contributed by atoms with van der Waals surface area (Å²) in [5.41, 5.74) is 1.71. The highest BCUT2D eigenvalue weighted by Gasteiger charge is 2.15. The monoisotopic (exact) mass is 356 g/mol. The molecular weight excluding hydrogens is 340 g/mol. The number of carbonyl (C=O) groups excluding carboxylic acids is 1. The van der Waals surface area contributed by atoms with E-state index in [1.807, 2.05) is 24.3 Å². The van der Waals surface area contributed by atoms with Gasteiger partial charge in [0.15, 0.2) is 6.10 Å². The van der Waals surface area contributed by atoms with Gasteiger partial charge in [0.25, 0.3) is 5.91 Å². The van der Waals surface area contributed by atoms with E-state index >= 15 is 0 Å². The lowest BCUT2D eigenvalue weighted by Crippen LogP contribution is -2.30. The molecule has 0 saturated heterocycles. The summed E-state index contributed by atoms with van der Waals surface area (Å²) in [7, 11) is 0. The van der Waals surface area contributed by atoms with Gasteiger partial charge in [0, 0.05) is 10.7 Å². The van der Waals surface area contributed by atoms with Crippen LogP contribution in [0.25, 0.3) is 0 Å². The fourth-order valence-corrected chi connectivity index (χ4v) is 2.39. The zero-order valence-corrected chi connectivity index (χ0v) is 14.3. The van der Waals surface area contributed by atoms with Gasteiger partial charge in [-0.05, 0) is 48.9 Å². The molecule has 1 aromatic heterocycles. The van der Waals surface area contributed by atoms with Gasteiger partial charge in [-0.2, -0.15) is 5.10 Å². The Kier molecular flexibility index (Phi) is 5.30. The highest BCUT2D eigenvalue weighted by atomic mass is 35.5. The summed E-state index contributed by atoms with van der Waals surface area (Å²) >= 11 is 5.84. The highest BCUT2D eigenvalue weighted by Crippen LogP contribution is 2.18. The summed E-state index contributed by atoms with van der Waals surface area (Å²) in [6.45, 7) is 2.28. The van der Waals surface area contributed by atoms with E-state index < -0.39 is 6.10 Å². The van der Waals surface area contributed by atoms with Crippen molar-refractivity contribution >= 4 is 23.2 Å². The van der Waals surface area contributed by atoms with Gasteiger partial charge < -0.3 is 10.1 Å². The highest BCUT2D eigenvalue weighted by molar-refractivity contribution is 6.30. The molecule has 0 spiro atoms. The molecule has 6 nitrogen and oxygen atoms in total. The Hall–Kier alpha value is -2.86. The minimum atomic E-state index is -0.639. The third-order valence-electron chi connectivity index (χ3n) is 3.50. The maximum atomic E-state index is 12.3. The number of hydrogen-bond acceptors (Lipinski definition) is 4. The number of anilines is 1. The Morgan fingerprint density at radius 2 is 2.08 bits per heavy atom. The van der Waals surface area contributed by atoms with Crippen LogP contribution in [0.1, 0.15) is 12.5 Å². The predicted molar refractivity (Wildman–Crippen MR) is 95.7 cm³/mol. The molecule has 0 aliphatic carbocycles. The minimum Gasteiger partial charge on any atom is -0.481 e. The lowest BCUT2D eigenvalue weighted by molar-refractivity contribution is -0.122. The molecule has 1 atom stereocenters. The Labute approximate surface area is 150 Å². The largest absolute Gasteiger partial charge is 0.481 e.